The maximum atomic E-state index is 14.7. The molecule has 1 unspecified atom stereocenters. The molecule has 0 heterocycles. The van der Waals surface area contributed by atoms with Crippen LogP contribution >= 0.6 is 7.92 Å². The van der Waals surface area contributed by atoms with Gasteiger partial charge in [0.15, 0.2) is 0 Å². The van der Waals surface area contributed by atoms with Crippen LogP contribution in [0.15, 0.2) is 77.7 Å². The highest BCUT2D eigenvalue weighted by Gasteiger charge is 2.29. The zero-order valence-electron chi connectivity index (χ0n) is 15.4. The fourth-order valence-corrected chi connectivity index (χ4v) is 6.78. The lowest BCUT2D eigenvalue weighted by molar-refractivity contribution is 0.634. The van der Waals surface area contributed by atoms with Crippen molar-refractivity contribution in [2.24, 2.45) is 0 Å². The van der Waals surface area contributed by atoms with Crippen LogP contribution in [0, 0.1) is 11.6 Å². The summed E-state index contributed by atoms with van der Waals surface area (Å²) in [5.41, 5.74) is 0. The van der Waals surface area contributed by atoms with E-state index < -0.39 is 23.5 Å². The normalized spacial score (nSPS) is 13.0. The van der Waals surface area contributed by atoms with E-state index in [4.69, 9.17) is 0 Å². The molecule has 0 aliphatic carbocycles. The summed E-state index contributed by atoms with van der Waals surface area (Å²) in [7, 11) is -2.85. The predicted molar refractivity (Wildman–Crippen MR) is 111 cm³/mol. The van der Waals surface area contributed by atoms with Gasteiger partial charge in [0.2, 0.25) is 0 Å². The van der Waals surface area contributed by atoms with E-state index in [1.807, 2.05) is 39.0 Å². The van der Waals surface area contributed by atoms with Gasteiger partial charge in [-0.15, -0.1) is 0 Å². The Kier molecular flexibility index (Phi) is 5.88. The monoisotopic (exact) mass is 402 g/mol. The van der Waals surface area contributed by atoms with Crippen molar-refractivity contribution >= 4 is 34.6 Å². The van der Waals surface area contributed by atoms with Crippen molar-refractivity contribution < 1.29 is 13.0 Å². The first-order chi connectivity index (χ1) is 12.8. The lowest BCUT2D eigenvalue weighted by Crippen LogP contribution is -2.30. The van der Waals surface area contributed by atoms with Crippen LogP contribution in [0.5, 0.6) is 0 Å². The second kappa shape index (κ2) is 8.00. The van der Waals surface area contributed by atoms with Crippen LogP contribution in [0.25, 0.3) is 0 Å². The smallest absolute Gasteiger partial charge is 0.131 e. The highest BCUT2D eigenvalue weighted by atomic mass is 32.2. The van der Waals surface area contributed by atoms with Gasteiger partial charge in [-0.2, -0.15) is 0 Å². The van der Waals surface area contributed by atoms with Crippen LogP contribution in [-0.4, -0.2) is 8.96 Å². The Morgan fingerprint density at radius 1 is 0.704 bits per heavy atom. The molecular formula is C22H21F2OPS. The summed E-state index contributed by atoms with van der Waals surface area (Å²) < 4.78 is 42.1. The summed E-state index contributed by atoms with van der Waals surface area (Å²) in [4.78, 5) is 0.627. The first kappa shape index (κ1) is 19.9. The molecular weight excluding hydrogens is 381 g/mol. The second-order valence-electron chi connectivity index (χ2n) is 7.09. The molecule has 0 aliphatic rings. The molecule has 0 N–H and O–H groups in total. The molecule has 5 heteroatoms. The maximum absolute atomic E-state index is 14.7. The fraction of sp³-hybridized carbons (Fsp3) is 0.182. The summed E-state index contributed by atoms with van der Waals surface area (Å²) in [6, 6.07) is 20.2. The quantitative estimate of drug-likeness (QED) is 0.582. The molecule has 27 heavy (non-hydrogen) atoms. The zero-order chi connectivity index (χ0) is 19.6. The number of benzene rings is 3. The Labute approximate surface area is 162 Å². The Balaban J connectivity index is 2.30. The average molecular weight is 402 g/mol. The molecule has 140 valence electrons. The minimum atomic E-state index is -1.53. The molecule has 0 bridgehead atoms. The Hall–Kier alpha value is -1.90. The topological polar surface area (TPSA) is 17.1 Å². The van der Waals surface area contributed by atoms with Crippen molar-refractivity contribution in [1.29, 1.82) is 0 Å². The van der Waals surface area contributed by atoms with Crippen LogP contribution in [-0.2, 0) is 10.8 Å². The van der Waals surface area contributed by atoms with E-state index in [0.29, 0.717) is 15.5 Å². The highest BCUT2D eigenvalue weighted by molar-refractivity contribution is 7.88. The molecule has 0 spiro atoms. The molecule has 0 amide bonds. The maximum Gasteiger partial charge on any atom is 0.131 e. The van der Waals surface area contributed by atoms with Gasteiger partial charge in [-0.05, 0) is 46.9 Å². The second-order valence-corrected chi connectivity index (χ2v) is 11.4. The van der Waals surface area contributed by atoms with Gasteiger partial charge in [0.25, 0.3) is 0 Å². The molecule has 0 saturated heterocycles. The first-order valence-corrected chi connectivity index (χ1v) is 11.1. The number of rotatable bonds is 4. The van der Waals surface area contributed by atoms with Gasteiger partial charge in [0, 0.05) is 25.6 Å². The molecule has 1 nitrogen and oxygen atoms in total. The summed E-state index contributed by atoms with van der Waals surface area (Å²) in [5, 5.41) is 1.57. The predicted octanol–water partition coefficient (Wildman–Crippen LogP) is 4.63. The van der Waals surface area contributed by atoms with Crippen molar-refractivity contribution in [3.8, 4) is 0 Å². The third-order valence-corrected chi connectivity index (χ3v) is 8.63. The third kappa shape index (κ3) is 4.17. The van der Waals surface area contributed by atoms with E-state index in [0.717, 1.165) is 5.30 Å². The van der Waals surface area contributed by atoms with Crippen molar-refractivity contribution in [2.45, 2.75) is 30.4 Å². The molecule has 0 aromatic heterocycles. The molecule has 3 aromatic carbocycles. The number of hydrogen-bond donors (Lipinski definition) is 0. The van der Waals surface area contributed by atoms with Gasteiger partial charge in [0.1, 0.15) is 11.6 Å². The van der Waals surface area contributed by atoms with Gasteiger partial charge in [-0.25, -0.2) is 8.78 Å². The van der Waals surface area contributed by atoms with Crippen LogP contribution in [0.4, 0.5) is 8.78 Å². The molecule has 0 aliphatic heterocycles. The molecule has 1 atom stereocenters. The van der Waals surface area contributed by atoms with Gasteiger partial charge >= 0.3 is 0 Å². The molecule has 3 aromatic rings. The van der Waals surface area contributed by atoms with E-state index in [9.17, 15) is 13.0 Å². The average Bonchev–Trinajstić information content (AvgIpc) is 2.64. The van der Waals surface area contributed by atoms with Crippen LogP contribution in [0.2, 0.25) is 0 Å². The first-order valence-electron chi connectivity index (χ1n) is 8.61. The van der Waals surface area contributed by atoms with Gasteiger partial charge in [-0.1, -0.05) is 54.6 Å². The minimum Gasteiger partial charge on any atom is -0.254 e. The van der Waals surface area contributed by atoms with Crippen LogP contribution < -0.4 is 15.9 Å². The van der Waals surface area contributed by atoms with Crippen molar-refractivity contribution in [3.63, 3.8) is 0 Å². The van der Waals surface area contributed by atoms with E-state index in [1.54, 1.807) is 42.5 Å². The SMILES string of the molecule is CC(C)(C)S(=O)c1ccccc1P(c1ccccc1F)c1ccccc1F. The number of hydrogen-bond acceptors (Lipinski definition) is 1. The highest BCUT2D eigenvalue weighted by Crippen LogP contribution is 2.37. The van der Waals surface area contributed by atoms with Crippen LogP contribution in [0.1, 0.15) is 20.8 Å². The summed E-state index contributed by atoms with van der Waals surface area (Å²) >= 11 is 0. The zero-order valence-corrected chi connectivity index (χ0v) is 17.2. The van der Waals surface area contributed by atoms with Crippen molar-refractivity contribution in [1.82, 2.24) is 0 Å². The Bertz CT molecular complexity index is 936. The van der Waals surface area contributed by atoms with Gasteiger partial charge < -0.3 is 0 Å². The molecule has 0 fully saturated rings. The Morgan fingerprint density at radius 2 is 1.11 bits per heavy atom. The third-order valence-electron chi connectivity index (χ3n) is 4.05. The lowest BCUT2D eigenvalue weighted by atomic mass is 10.3. The number of halogens is 2. The van der Waals surface area contributed by atoms with E-state index in [2.05, 4.69) is 0 Å². The van der Waals surface area contributed by atoms with Crippen molar-refractivity contribution in [2.75, 3.05) is 0 Å². The summed E-state index contributed by atoms with van der Waals surface area (Å²) in [6.07, 6.45) is 0. The molecule has 0 radical (unpaired) electrons. The minimum absolute atomic E-state index is 0.386. The Morgan fingerprint density at radius 3 is 1.56 bits per heavy atom. The summed E-state index contributed by atoms with van der Waals surface area (Å²) in [6.45, 7) is 5.69. The van der Waals surface area contributed by atoms with E-state index in [1.165, 1.54) is 12.1 Å². The standard InChI is InChI=1S/C22H21F2OPS/c1-22(2,3)27(25)21-15-9-8-14-20(21)26(18-12-6-4-10-16(18)23)19-13-7-5-11-17(19)24/h4-15H,1-3H3. The fourth-order valence-electron chi connectivity index (χ4n) is 2.78. The van der Waals surface area contributed by atoms with Crippen molar-refractivity contribution in [3.05, 3.63) is 84.4 Å². The van der Waals surface area contributed by atoms with Gasteiger partial charge in [-0.3, -0.25) is 4.21 Å². The van der Waals surface area contributed by atoms with Gasteiger partial charge in [0.05, 0.1) is 10.8 Å². The largest absolute Gasteiger partial charge is 0.254 e. The van der Waals surface area contributed by atoms with Crippen LogP contribution in [0.3, 0.4) is 0 Å². The van der Waals surface area contributed by atoms with E-state index in [-0.39, 0.29) is 11.6 Å². The van der Waals surface area contributed by atoms with E-state index >= 15 is 0 Å². The summed E-state index contributed by atoms with van der Waals surface area (Å²) in [5.74, 6) is -0.772. The molecule has 3 rings (SSSR count). The lowest BCUT2D eigenvalue weighted by Gasteiger charge is -2.25. The molecule has 0 saturated carbocycles.